The number of aryl methyl sites for hydroxylation is 3. The van der Waals surface area contributed by atoms with Crippen molar-refractivity contribution in [2.45, 2.75) is 40.4 Å². The summed E-state index contributed by atoms with van der Waals surface area (Å²) in [6.45, 7) is 2.84. The number of benzene rings is 7. The molecule has 0 spiro atoms. The van der Waals surface area contributed by atoms with Crippen LogP contribution < -0.4 is 9.47 Å². The van der Waals surface area contributed by atoms with Gasteiger partial charge in [0, 0.05) is 22.9 Å². The molecule has 0 fully saturated rings. The lowest BCUT2D eigenvalue weighted by atomic mass is 10.1. The van der Waals surface area contributed by atoms with Crippen molar-refractivity contribution >= 4 is 108 Å². The predicted molar refractivity (Wildman–Crippen MR) is 285 cm³/mol. The number of hydrogen-bond acceptors (Lipinski definition) is 24. The zero-order valence-corrected chi connectivity index (χ0v) is 45.0. The summed E-state index contributed by atoms with van der Waals surface area (Å²) in [5.74, 6) is -2.44. The van der Waals surface area contributed by atoms with E-state index in [2.05, 4.69) is 46.0 Å². The first-order chi connectivity index (χ1) is 38.1. The third-order valence-corrected chi connectivity index (χ3v) is 15.2. The summed E-state index contributed by atoms with van der Waals surface area (Å²) >= 11 is 0. The van der Waals surface area contributed by atoms with Crippen molar-refractivity contribution in [2.75, 3.05) is 26.4 Å². The Morgan fingerprint density at radius 1 is 0.469 bits per heavy atom. The van der Waals surface area contributed by atoms with E-state index in [9.17, 15) is 77.4 Å². The summed E-state index contributed by atoms with van der Waals surface area (Å²) in [5, 5.41) is 89.5. The summed E-state index contributed by atoms with van der Waals surface area (Å²) in [7, 11) is -19.7. The van der Waals surface area contributed by atoms with Crippen molar-refractivity contribution in [1.82, 2.24) is 9.78 Å². The minimum atomic E-state index is -5.20. The van der Waals surface area contributed by atoms with Crippen molar-refractivity contribution in [3.63, 3.8) is 0 Å². The highest BCUT2D eigenvalue weighted by molar-refractivity contribution is 7.86. The number of fused-ring (bicyclic) bond motifs is 2. The van der Waals surface area contributed by atoms with Gasteiger partial charge in [0.15, 0.2) is 17.2 Å². The van der Waals surface area contributed by atoms with E-state index in [4.69, 9.17) is 9.47 Å². The molecular weight excluding hydrogens is 1150 g/mol. The number of azo groups is 4. The first-order valence-electron chi connectivity index (χ1n) is 22.9. The molecule has 0 amide bonds. The highest BCUT2D eigenvalue weighted by Gasteiger charge is 2.26. The van der Waals surface area contributed by atoms with Crippen LogP contribution in [-0.2, 0) is 40.5 Å². The molecule has 0 radical (unpaired) electrons. The van der Waals surface area contributed by atoms with Gasteiger partial charge in [-0.25, -0.2) is 0 Å². The molecule has 33 heteroatoms. The molecule has 0 aliphatic heterocycles. The lowest BCUT2D eigenvalue weighted by Crippen LogP contribution is -2.04. The normalized spacial score (nSPS) is 12.8. The quantitative estimate of drug-likeness (QED) is 0.0268. The second kappa shape index (κ2) is 22.8. The molecular formula is C48H42N10O19S4. The summed E-state index contributed by atoms with van der Waals surface area (Å²) < 4.78 is 150. The van der Waals surface area contributed by atoms with Crippen LogP contribution in [-0.4, -0.2) is 114 Å². The summed E-state index contributed by atoms with van der Waals surface area (Å²) in [6, 6.07) is 19.4. The minimum Gasteiger partial charge on any atom is -0.505 e. The van der Waals surface area contributed by atoms with Crippen LogP contribution in [0.5, 0.6) is 28.9 Å². The molecule has 0 atom stereocenters. The number of hydrogen-bond donors (Lipinski definition) is 9. The third-order valence-electron chi connectivity index (χ3n) is 11.6. The zero-order chi connectivity index (χ0) is 58.9. The lowest BCUT2D eigenvalue weighted by molar-refractivity contribution is 0.198. The first kappa shape index (κ1) is 58.4. The molecule has 81 heavy (non-hydrogen) atoms. The van der Waals surface area contributed by atoms with E-state index in [-0.39, 0.29) is 96.5 Å². The Balaban J connectivity index is 1.11. The minimum absolute atomic E-state index is 0.0104. The van der Waals surface area contributed by atoms with Crippen molar-refractivity contribution < 1.29 is 86.9 Å². The second-order valence-electron chi connectivity index (χ2n) is 17.1. The summed E-state index contributed by atoms with van der Waals surface area (Å²) in [5.41, 5.74) is -1.57. The number of ether oxygens (including phenoxy) is 2. The number of aromatic hydroxyl groups is 3. The number of nitrogens with zero attached hydrogens (tertiary/aromatic N) is 10. The highest BCUT2D eigenvalue weighted by Crippen LogP contribution is 2.47. The molecule has 0 saturated carbocycles. The van der Waals surface area contributed by atoms with Crippen LogP contribution >= 0.6 is 0 Å². The number of phenolic OH excluding ortho intramolecular Hbond substituents is 2. The Kier molecular flexibility index (Phi) is 16.4. The molecule has 1 heterocycles. The van der Waals surface area contributed by atoms with E-state index in [1.165, 1.54) is 93.6 Å². The maximum Gasteiger partial charge on any atom is 0.296 e. The van der Waals surface area contributed by atoms with E-state index in [1.807, 2.05) is 0 Å². The molecule has 7 aromatic carbocycles. The van der Waals surface area contributed by atoms with Gasteiger partial charge in [0.2, 0.25) is 5.88 Å². The number of aliphatic hydroxyl groups is 2. The highest BCUT2D eigenvalue weighted by atomic mass is 32.2. The van der Waals surface area contributed by atoms with Gasteiger partial charge in [0.25, 0.3) is 40.5 Å². The molecule has 0 saturated heterocycles. The Hall–Kier alpha value is -8.77. The van der Waals surface area contributed by atoms with Gasteiger partial charge in [-0.15, -0.1) is 30.7 Å². The molecule has 1 aromatic heterocycles. The van der Waals surface area contributed by atoms with E-state index >= 15 is 0 Å². The van der Waals surface area contributed by atoms with Crippen LogP contribution in [0.25, 0.3) is 27.2 Å². The molecule has 422 valence electrons. The Morgan fingerprint density at radius 3 is 1.49 bits per heavy atom. The van der Waals surface area contributed by atoms with Crippen LogP contribution in [0.4, 0.5) is 45.5 Å². The van der Waals surface area contributed by atoms with Crippen LogP contribution in [0.3, 0.4) is 0 Å². The van der Waals surface area contributed by atoms with E-state index in [1.54, 1.807) is 0 Å². The summed E-state index contributed by atoms with van der Waals surface area (Å²) in [4.78, 5) is -2.91. The van der Waals surface area contributed by atoms with Crippen molar-refractivity contribution in [3.05, 3.63) is 114 Å². The van der Waals surface area contributed by atoms with E-state index in [0.29, 0.717) is 5.56 Å². The zero-order valence-electron chi connectivity index (χ0n) is 41.8. The molecule has 0 bridgehead atoms. The molecule has 29 nitrogen and oxygen atoms in total. The second-order valence-corrected chi connectivity index (χ2v) is 22.7. The lowest BCUT2D eigenvalue weighted by Gasteiger charge is -2.13. The third kappa shape index (κ3) is 12.7. The molecule has 8 aromatic rings. The standard InChI is InChI=1S/C48H42N10O19S4/c1-24-17-40(79(67,68)69)25(2)16-34(24)51-52-35-22-38(77-15-13-60)36(23-37(35)76-14-12-59)53-56-45-41(80(70,71)72)20-27-18-29(8-10-31(27)46(45)61)49-54-43-26(3)57-58(48(43)63)30-9-11-32-28(19-30)21-42(81(73,74)75)44(47(32)62)55-50-33-6-4-5-7-39(33)78(64,65)66/h4-11,16-23,59-63H,12-15H2,1-3H3,(H,64,65,66)(H,67,68,69)(H,70,71,72)(H,73,74,75). The van der Waals surface area contributed by atoms with Crippen molar-refractivity contribution in [3.8, 4) is 34.6 Å². The Bertz CT molecular complexity index is 4480. The van der Waals surface area contributed by atoms with Gasteiger partial charge in [0.05, 0.1) is 40.9 Å². The van der Waals surface area contributed by atoms with E-state index < -0.39 is 103 Å². The van der Waals surface area contributed by atoms with Crippen LogP contribution in [0.15, 0.2) is 158 Å². The molecule has 8 rings (SSSR count). The van der Waals surface area contributed by atoms with Gasteiger partial charge >= 0.3 is 0 Å². The fourth-order valence-corrected chi connectivity index (χ4v) is 10.6. The van der Waals surface area contributed by atoms with Crippen LogP contribution in [0.1, 0.15) is 16.8 Å². The topological polar surface area (TPSA) is 454 Å². The van der Waals surface area contributed by atoms with E-state index in [0.717, 1.165) is 28.9 Å². The van der Waals surface area contributed by atoms with Crippen LogP contribution in [0, 0.1) is 20.8 Å². The van der Waals surface area contributed by atoms with Gasteiger partial charge in [-0.05, 0) is 115 Å². The molecule has 0 aliphatic rings. The SMILES string of the molecule is Cc1cc(S(=O)(=O)O)c(C)cc1N=Nc1cc(OCCO)c(N=Nc2c(S(=O)(=O)O)cc3cc(N=Nc4c(C)nn(-c5ccc6c(O)c(N=Nc7ccccc7S(=O)(=O)O)c(S(=O)(=O)O)cc6c5)c4O)ccc3c2O)cc1OCCO. The number of aromatic nitrogens is 2. The maximum atomic E-state index is 12.9. The van der Waals surface area contributed by atoms with Crippen molar-refractivity contribution in [1.29, 1.82) is 0 Å². The summed E-state index contributed by atoms with van der Waals surface area (Å²) in [6.07, 6.45) is 0. The Labute approximate surface area is 458 Å². The number of phenols is 2. The van der Waals surface area contributed by atoms with Gasteiger partial charge < -0.3 is 35.0 Å². The van der Waals surface area contributed by atoms with Gasteiger partial charge in [-0.1, -0.05) is 12.1 Å². The molecule has 0 unspecified atom stereocenters. The Morgan fingerprint density at radius 2 is 0.951 bits per heavy atom. The monoisotopic (exact) mass is 1190 g/mol. The van der Waals surface area contributed by atoms with Gasteiger partial charge in [-0.3, -0.25) is 18.2 Å². The average Bonchev–Trinajstić information content (AvgIpc) is 3.80. The van der Waals surface area contributed by atoms with Gasteiger partial charge in [0.1, 0.15) is 67.8 Å². The number of rotatable bonds is 19. The number of aliphatic hydroxyl groups excluding tert-OH is 2. The smallest absolute Gasteiger partial charge is 0.296 e. The fraction of sp³-hybridized carbons (Fsp3) is 0.146. The van der Waals surface area contributed by atoms with Crippen LogP contribution in [0.2, 0.25) is 0 Å². The van der Waals surface area contributed by atoms with Gasteiger partial charge in [-0.2, -0.15) is 53.7 Å². The predicted octanol–water partition coefficient (Wildman–Crippen LogP) is 9.61. The fourth-order valence-electron chi connectivity index (χ4n) is 7.84. The molecule has 0 aliphatic carbocycles. The largest absolute Gasteiger partial charge is 0.505 e. The maximum absolute atomic E-state index is 12.9. The molecule has 9 N–H and O–H groups in total. The average molecular weight is 1190 g/mol. The van der Waals surface area contributed by atoms with Crippen molar-refractivity contribution in [2.24, 2.45) is 40.9 Å². The first-order valence-corrected chi connectivity index (χ1v) is 28.7.